The Balaban J connectivity index is 2.44. The molecule has 136 valence electrons. The van der Waals surface area contributed by atoms with Crippen LogP contribution in [0.2, 0.25) is 0 Å². The van der Waals surface area contributed by atoms with Crippen molar-refractivity contribution in [2.75, 3.05) is 20.6 Å². The molecule has 2 unspecified atom stereocenters. The fourth-order valence-electron chi connectivity index (χ4n) is 2.58. The second-order valence-electron chi connectivity index (χ2n) is 7.00. The molecular formula is C14H22F3N5O2. The van der Waals surface area contributed by atoms with Gasteiger partial charge in [-0.15, -0.1) is 10.2 Å². The Morgan fingerprint density at radius 3 is 2.29 bits per heavy atom. The van der Waals surface area contributed by atoms with E-state index in [1.54, 1.807) is 46.7 Å². The number of amides is 1. The van der Waals surface area contributed by atoms with E-state index in [0.717, 1.165) is 4.57 Å². The number of aromatic nitrogens is 3. The lowest BCUT2D eigenvalue weighted by atomic mass is 10.1. The number of hydrogen-bond donors (Lipinski definition) is 0. The van der Waals surface area contributed by atoms with Gasteiger partial charge in [0.25, 0.3) is 0 Å². The smallest absolute Gasteiger partial charge is 0.444 e. The molecule has 0 fully saturated rings. The van der Waals surface area contributed by atoms with Gasteiger partial charge in [-0.05, 0) is 41.8 Å². The highest BCUT2D eigenvalue weighted by Gasteiger charge is 2.46. The lowest BCUT2D eigenvalue weighted by Crippen LogP contribution is -2.49. The number of carbonyl (C=O) groups excluding carboxylic acids is 1. The van der Waals surface area contributed by atoms with Crippen molar-refractivity contribution < 1.29 is 22.7 Å². The van der Waals surface area contributed by atoms with E-state index < -0.39 is 35.9 Å². The molecule has 10 heteroatoms. The van der Waals surface area contributed by atoms with E-state index in [4.69, 9.17) is 4.74 Å². The van der Waals surface area contributed by atoms with Gasteiger partial charge in [0, 0.05) is 0 Å². The molecular weight excluding hydrogens is 327 g/mol. The number of alkyl halides is 3. The van der Waals surface area contributed by atoms with Crippen molar-refractivity contribution in [2.45, 2.75) is 51.7 Å². The summed E-state index contributed by atoms with van der Waals surface area (Å²) in [4.78, 5) is 15.4. The predicted molar refractivity (Wildman–Crippen MR) is 79.1 cm³/mol. The van der Waals surface area contributed by atoms with Crippen LogP contribution in [0.3, 0.4) is 0 Å². The Hall–Kier alpha value is -1.84. The molecule has 2 heterocycles. The van der Waals surface area contributed by atoms with Gasteiger partial charge in [0.15, 0.2) is 5.82 Å². The van der Waals surface area contributed by atoms with Crippen molar-refractivity contribution in [1.82, 2.24) is 24.6 Å². The van der Waals surface area contributed by atoms with Crippen molar-refractivity contribution in [3.63, 3.8) is 0 Å². The summed E-state index contributed by atoms with van der Waals surface area (Å²) < 4.78 is 46.0. The van der Waals surface area contributed by atoms with Crippen molar-refractivity contribution in [2.24, 2.45) is 0 Å². The van der Waals surface area contributed by atoms with E-state index in [0.29, 0.717) is 0 Å². The number of rotatable bonds is 1. The highest BCUT2D eigenvalue weighted by atomic mass is 19.4. The Morgan fingerprint density at radius 1 is 1.25 bits per heavy atom. The Labute approximate surface area is 138 Å². The largest absolute Gasteiger partial charge is 0.451 e. The van der Waals surface area contributed by atoms with Gasteiger partial charge in [0.1, 0.15) is 11.8 Å². The maximum absolute atomic E-state index is 13.2. The average Bonchev–Trinajstić information content (AvgIpc) is 2.81. The number of likely N-dealkylation sites (N-methyl/N-ethyl adjacent to an activating group) is 1. The van der Waals surface area contributed by atoms with Crippen molar-refractivity contribution in [1.29, 1.82) is 0 Å². The molecule has 0 saturated carbocycles. The minimum Gasteiger partial charge on any atom is -0.444 e. The first-order valence-electron chi connectivity index (χ1n) is 7.51. The summed E-state index contributed by atoms with van der Waals surface area (Å²) in [6.45, 7) is 6.83. The second-order valence-corrected chi connectivity index (χ2v) is 7.00. The lowest BCUT2D eigenvalue weighted by Gasteiger charge is -2.41. The lowest BCUT2D eigenvalue weighted by molar-refractivity contribution is -0.150. The van der Waals surface area contributed by atoms with E-state index >= 15 is 0 Å². The van der Waals surface area contributed by atoms with E-state index in [2.05, 4.69) is 10.2 Å². The van der Waals surface area contributed by atoms with Crippen LogP contribution in [0.5, 0.6) is 0 Å². The molecule has 7 nitrogen and oxygen atoms in total. The van der Waals surface area contributed by atoms with E-state index in [9.17, 15) is 18.0 Å². The molecule has 0 radical (unpaired) electrons. The van der Waals surface area contributed by atoms with Gasteiger partial charge in [0.2, 0.25) is 5.82 Å². The fraction of sp³-hybridized carbons (Fsp3) is 0.786. The summed E-state index contributed by atoms with van der Waals surface area (Å²) in [7, 11) is 3.27. The van der Waals surface area contributed by atoms with Crippen LogP contribution < -0.4 is 0 Å². The molecule has 1 aliphatic rings. The second kappa shape index (κ2) is 5.91. The average molecular weight is 349 g/mol. The van der Waals surface area contributed by atoms with Crippen molar-refractivity contribution in [3.05, 3.63) is 11.6 Å². The van der Waals surface area contributed by atoms with Gasteiger partial charge >= 0.3 is 12.3 Å². The van der Waals surface area contributed by atoms with Crippen LogP contribution in [-0.4, -0.2) is 56.9 Å². The minimum absolute atomic E-state index is 0.0389. The van der Waals surface area contributed by atoms with Crippen molar-refractivity contribution >= 4 is 6.09 Å². The monoisotopic (exact) mass is 349 g/mol. The molecule has 1 amide bonds. The van der Waals surface area contributed by atoms with E-state index in [-0.39, 0.29) is 12.4 Å². The summed E-state index contributed by atoms with van der Waals surface area (Å²) in [5, 5.41) is 6.99. The van der Waals surface area contributed by atoms with Gasteiger partial charge in [-0.2, -0.15) is 13.2 Å². The number of fused-ring (bicyclic) bond motifs is 1. The number of carbonyl (C=O) groups is 1. The summed E-state index contributed by atoms with van der Waals surface area (Å²) in [5.41, 5.74) is -0.702. The molecule has 1 aromatic rings. The molecule has 2 rings (SSSR count). The van der Waals surface area contributed by atoms with Crippen LogP contribution in [0.25, 0.3) is 0 Å². The van der Waals surface area contributed by atoms with Gasteiger partial charge in [-0.25, -0.2) is 4.79 Å². The van der Waals surface area contributed by atoms with Gasteiger partial charge in [-0.3, -0.25) is 14.4 Å². The third-order valence-electron chi connectivity index (χ3n) is 3.70. The number of ether oxygens (including phenoxy) is 1. The Bertz CT molecular complexity index is 621. The molecule has 0 aromatic carbocycles. The summed E-state index contributed by atoms with van der Waals surface area (Å²) in [5.74, 6) is -0.981. The summed E-state index contributed by atoms with van der Waals surface area (Å²) >= 11 is 0. The molecule has 2 atom stereocenters. The standard InChI is InChI=1S/C14H22F3N5O2/c1-8-10-18-19-11(14(15,16)17)22(10)9(20(5)6)7-21(8)12(23)24-13(2,3)4/h8-9H,7H2,1-6H3. The summed E-state index contributed by atoms with van der Waals surface area (Å²) in [6, 6.07) is -0.681. The quantitative estimate of drug-likeness (QED) is 0.780. The third kappa shape index (κ3) is 3.47. The fourth-order valence-corrected chi connectivity index (χ4v) is 2.58. The zero-order valence-corrected chi connectivity index (χ0v) is 14.5. The topological polar surface area (TPSA) is 63.5 Å². The van der Waals surface area contributed by atoms with E-state index in [1.807, 2.05) is 0 Å². The molecule has 1 aromatic heterocycles. The molecule has 0 aliphatic carbocycles. The number of halogens is 3. The maximum atomic E-state index is 13.2. The van der Waals surface area contributed by atoms with Crippen LogP contribution in [0.15, 0.2) is 0 Å². The zero-order valence-electron chi connectivity index (χ0n) is 14.5. The van der Waals surface area contributed by atoms with Crippen molar-refractivity contribution in [3.8, 4) is 0 Å². The predicted octanol–water partition coefficient (Wildman–Crippen LogP) is 2.67. The summed E-state index contributed by atoms with van der Waals surface area (Å²) in [6.07, 6.45) is -5.95. The first-order valence-corrected chi connectivity index (χ1v) is 7.51. The van der Waals surface area contributed by atoms with Crippen LogP contribution in [0, 0.1) is 0 Å². The highest BCUT2D eigenvalue weighted by Crippen LogP contribution is 2.37. The molecule has 0 saturated heterocycles. The molecule has 1 aliphatic heterocycles. The van der Waals surface area contributed by atoms with Crippen LogP contribution in [-0.2, 0) is 10.9 Å². The van der Waals surface area contributed by atoms with Crippen LogP contribution >= 0.6 is 0 Å². The van der Waals surface area contributed by atoms with Gasteiger partial charge in [-0.1, -0.05) is 0 Å². The normalized spacial score (nSPS) is 21.8. The molecule has 0 bridgehead atoms. The molecule has 24 heavy (non-hydrogen) atoms. The molecule has 0 N–H and O–H groups in total. The first-order chi connectivity index (χ1) is 10.8. The number of hydrogen-bond acceptors (Lipinski definition) is 5. The van der Waals surface area contributed by atoms with E-state index in [1.165, 1.54) is 4.90 Å². The zero-order chi connectivity index (χ0) is 18.4. The molecule has 0 spiro atoms. The third-order valence-corrected chi connectivity index (χ3v) is 3.70. The maximum Gasteiger partial charge on any atom is 0.451 e. The van der Waals surface area contributed by atoms with Crippen LogP contribution in [0.1, 0.15) is 51.6 Å². The highest BCUT2D eigenvalue weighted by molar-refractivity contribution is 5.69. The van der Waals surface area contributed by atoms with Gasteiger partial charge in [0.05, 0.1) is 12.6 Å². The Morgan fingerprint density at radius 2 is 1.83 bits per heavy atom. The number of nitrogens with zero attached hydrogens (tertiary/aromatic N) is 5. The van der Waals surface area contributed by atoms with Crippen LogP contribution in [0.4, 0.5) is 18.0 Å². The minimum atomic E-state index is -4.62. The SMILES string of the molecule is CC1c2nnc(C(F)(F)F)n2C(N(C)C)CN1C(=O)OC(C)(C)C. The van der Waals surface area contributed by atoms with Gasteiger partial charge < -0.3 is 4.74 Å². The Kier molecular flexibility index (Phi) is 4.55. The first kappa shape index (κ1) is 18.5.